The van der Waals surface area contributed by atoms with Crippen LogP contribution in [0.1, 0.15) is 190 Å². The number of esters is 2. The van der Waals surface area contributed by atoms with E-state index in [0.29, 0.717) is 23.3 Å². The molecule has 0 saturated heterocycles. The summed E-state index contributed by atoms with van der Waals surface area (Å²) in [7, 11) is 2.78. The minimum Gasteiger partial charge on any atom is -0.469 e. The summed E-state index contributed by atoms with van der Waals surface area (Å²) >= 11 is 0. The first-order valence-electron chi connectivity index (χ1n) is 27.8. The topological polar surface area (TPSA) is 101 Å². The lowest BCUT2D eigenvalue weighted by molar-refractivity contribution is -0.272. The maximum absolute atomic E-state index is 13.0. The van der Waals surface area contributed by atoms with E-state index in [1.54, 1.807) is 6.92 Å². The molecule has 430 valence electrons. The van der Waals surface area contributed by atoms with Gasteiger partial charge < -0.3 is 14.7 Å². The van der Waals surface area contributed by atoms with Gasteiger partial charge >= 0.3 is 11.9 Å². The van der Waals surface area contributed by atoms with Crippen LogP contribution in [0.5, 0.6) is 0 Å². The third-order valence-corrected chi connectivity index (χ3v) is 13.6. The van der Waals surface area contributed by atoms with Crippen molar-refractivity contribution >= 4 is 11.9 Å². The monoisotopic (exact) mass is 1070 g/mol. The summed E-state index contributed by atoms with van der Waals surface area (Å²) in [5.41, 5.74) is 4.92. The van der Waals surface area contributed by atoms with Crippen LogP contribution in [0.25, 0.3) is 0 Å². The van der Waals surface area contributed by atoms with Gasteiger partial charge in [-0.2, -0.15) is 15.2 Å². The summed E-state index contributed by atoms with van der Waals surface area (Å²) < 4.78 is 9.50. The van der Waals surface area contributed by atoms with Gasteiger partial charge in [0.25, 0.3) is 0 Å². The minimum atomic E-state index is -0.835. The summed E-state index contributed by atoms with van der Waals surface area (Å²) in [6, 6.07) is 52.0. The molecule has 0 amide bonds. The Balaban J connectivity index is 0.000000391. The number of nitrogens with zero attached hydrogens (tertiary/aromatic N) is 3. The van der Waals surface area contributed by atoms with Crippen LogP contribution in [-0.4, -0.2) is 69.8 Å². The average Bonchev–Trinajstić information content (AvgIpc) is 3.39. The van der Waals surface area contributed by atoms with Gasteiger partial charge in [0.05, 0.1) is 44.4 Å². The van der Waals surface area contributed by atoms with Crippen LogP contribution in [-0.2, 0) is 28.7 Å². The lowest BCUT2D eigenvalue weighted by Gasteiger charge is -2.44. The second kappa shape index (κ2) is 32.0. The molecule has 78 heavy (non-hydrogen) atoms. The highest BCUT2D eigenvalue weighted by Crippen LogP contribution is 2.41. The van der Waals surface area contributed by atoms with Gasteiger partial charge in [0.1, 0.15) is 6.10 Å². The molecule has 0 aliphatic heterocycles. The van der Waals surface area contributed by atoms with E-state index in [4.69, 9.17) is 14.4 Å². The molecule has 5 aromatic carbocycles. The standard InChI is InChI=1S/C27H39NO3.C22H31NO.C14H23NO.C5H8O2/c1-20(2)24(23-17-13-10-14-18-23)28(26(4,5)6)31-19-27(7,25(29)30-8)21(3)22-15-11-9-12-16-22;1-17(2)21(20-15-11-8-12-16-20)23(22(4,5)6)24-18(3)19-13-9-7-10-14-19;1-11(2)13(15(16)14(3,4)5)12-9-7-6-8-10-12;1-4(2)5(6)7-3/h9-18,20-21,24H,19H2,1-8H3;7-18,21H,1-6H3;6-11,13,16H,1-5H3;1H2,2-3H3. The molecule has 0 fully saturated rings. The predicted octanol–water partition coefficient (Wildman–Crippen LogP) is 17.2. The van der Waals surface area contributed by atoms with E-state index in [9.17, 15) is 14.8 Å². The second-order valence-electron chi connectivity index (χ2n) is 24.6. The fraction of sp³-hybridized carbons (Fsp3) is 0.500. The fourth-order valence-corrected chi connectivity index (χ4v) is 9.13. The van der Waals surface area contributed by atoms with E-state index in [1.165, 1.54) is 36.0 Å². The Bertz CT molecular complexity index is 2450. The number of carbonyl (C=O) groups excluding carboxylic acids is 2. The molecular formula is C68H101N3O7. The number of hydrogen-bond acceptors (Lipinski definition) is 10. The number of benzene rings is 5. The van der Waals surface area contributed by atoms with Gasteiger partial charge in [-0.1, -0.05) is 207 Å². The van der Waals surface area contributed by atoms with Crippen LogP contribution in [0.3, 0.4) is 0 Å². The molecule has 10 nitrogen and oxygen atoms in total. The Labute approximate surface area is 473 Å². The van der Waals surface area contributed by atoms with Crippen molar-refractivity contribution in [2.75, 3.05) is 20.8 Å². The number of carbonyl (C=O) groups is 2. The number of ether oxygens (including phenoxy) is 2. The SMILES string of the molecule is C=C(C)C(=O)OC.CC(C)C(c1ccccc1)N(O)C(C)(C)C.CC(ON(C(c1ccccc1)C(C)C)C(C)(C)C)c1ccccc1.COC(=O)C(C)(CON(C(c1ccccc1)C(C)C)C(C)(C)C)C(C)c1ccccc1. The van der Waals surface area contributed by atoms with Crippen molar-refractivity contribution in [2.45, 2.75) is 178 Å². The van der Waals surface area contributed by atoms with Crippen LogP contribution >= 0.6 is 0 Å². The Morgan fingerprint density at radius 1 is 0.474 bits per heavy atom. The zero-order valence-corrected chi connectivity index (χ0v) is 51.7. The van der Waals surface area contributed by atoms with Crippen molar-refractivity contribution in [3.05, 3.63) is 192 Å². The fourth-order valence-electron chi connectivity index (χ4n) is 9.13. The second-order valence-corrected chi connectivity index (χ2v) is 24.6. The Kier molecular flexibility index (Phi) is 28.1. The minimum absolute atomic E-state index is 0.00962. The molecule has 0 radical (unpaired) electrons. The molecule has 0 aliphatic rings. The molecule has 0 bridgehead atoms. The van der Waals surface area contributed by atoms with Crippen molar-refractivity contribution in [3.63, 3.8) is 0 Å². The third-order valence-electron chi connectivity index (χ3n) is 13.6. The van der Waals surface area contributed by atoms with Crippen molar-refractivity contribution in [2.24, 2.45) is 23.2 Å². The van der Waals surface area contributed by atoms with Crippen LogP contribution < -0.4 is 0 Å². The molecule has 6 atom stereocenters. The first kappa shape index (κ1) is 68.6. The van der Waals surface area contributed by atoms with Gasteiger partial charge in [-0.05, 0) is 135 Å². The first-order valence-corrected chi connectivity index (χ1v) is 27.8. The maximum atomic E-state index is 13.0. The van der Waals surface area contributed by atoms with E-state index in [2.05, 4.69) is 209 Å². The number of methoxy groups -OCH3 is 2. The van der Waals surface area contributed by atoms with Gasteiger partial charge in [0.15, 0.2) is 0 Å². The highest BCUT2D eigenvalue weighted by Gasteiger charge is 2.44. The van der Waals surface area contributed by atoms with E-state index in [0.717, 1.165) is 11.1 Å². The van der Waals surface area contributed by atoms with E-state index in [-0.39, 0.29) is 65.3 Å². The summed E-state index contributed by atoms with van der Waals surface area (Å²) in [5.74, 6) is 0.439. The Morgan fingerprint density at radius 3 is 1.08 bits per heavy atom. The highest BCUT2D eigenvalue weighted by molar-refractivity contribution is 5.86. The zero-order valence-electron chi connectivity index (χ0n) is 51.7. The maximum Gasteiger partial charge on any atom is 0.332 e. The summed E-state index contributed by atoms with van der Waals surface area (Å²) in [5, 5.41) is 16.0. The van der Waals surface area contributed by atoms with Crippen LogP contribution in [0.15, 0.2) is 164 Å². The lowest BCUT2D eigenvalue weighted by atomic mass is 9.75. The van der Waals surface area contributed by atoms with E-state index in [1.807, 2.05) is 88.4 Å². The predicted molar refractivity (Wildman–Crippen MR) is 322 cm³/mol. The molecule has 5 aromatic rings. The smallest absolute Gasteiger partial charge is 0.332 e. The quantitative estimate of drug-likeness (QED) is 0.0489. The summed E-state index contributed by atoms with van der Waals surface area (Å²) in [6.45, 7) is 43.6. The van der Waals surface area contributed by atoms with Gasteiger partial charge in [0.2, 0.25) is 0 Å². The summed E-state index contributed by atoms with van der Waals surface area (Å²) in [4.78, 5) is 36.2. The largest absolute Gasteiger partial charge is 0.469 e. The van der Waals surface area contributed by atoms with Crippen molar-refractivity contribution in [1.29, 1.82) is 0 Å². The van der Waals surface area contributed by atoms with Gasteiger partial charge in [-0.25, -0.2) is 4.79 Å². The molecule has 0 heterocycles. The highest BCUT2D eigenvalue weighted by atomic mass is 16.7. The molecule has 0 aromatic heterocycles. The number of hydroxylamine groups is 6. The van der Waals surface area contributed by atoms with Crippen LogP contribution in [0.4, 0.5) is 0 Å². The van der Waals surface area contributed by atoms with Crippen molar-refractivity contribution in [1.82, 2.24) is 15.2 Å². The van der Waals surface area contributed by atoms with E-state index >= 15 is 0 Å². The third kappa shape index (κ3) is 21.3. The first-order chi connectivity index (χ1) is 36.3. The molecule has 0 saturated carbocycles. The Hall–Kier alpha value is -5.46. The average molecular weight is 1070 g/mol. The van der Waals surface area contributed by atoms with Crippen LogP contribution in [0.2, 0.25) is 0 Å². The van der Waals surface area contributed by atoms with Gasteiger partial charge in [0, 0.05) is 22.2 Å². The molecule has 1 N–H and O–H groups in total. The normalized spacial score (nSPS) is 14.6. The number of hydrogen-bond donors (Lipinski definition) is 1. The lowest BCUT2D eigenvalue weighted by Crippen LogP contribution is -2.49. The van der Waals surface area contributed by atoms with Crippen molar-refractivity contribution < 1.29 is 33.9 Å². The Morgan fingerprint density at radius 2 is 0.795 bits per heavy atom. The molecule has 0 aliphatic carbocycles. The molecule has 0 spiro atoms. The molecule has 6 unspecified atom stereocenters. The van der Waals surface area contributed by atoms with Gasteiger partial charge in [-0.15, -0.1) is 0 Å². The van der Waals surface area contributed by atoms with Gasteiger partial charge in [-0.3, -0.25) is 14.5 Å². The van der Waals surface area contributed by atoms with E-state index < -0.39 is 5.41 Å². The van der Waals surface area contributed by atoms with Crippen LogP contribution in [0, 0.1) is 23.2 Å². The molecule has 5 rings (SSSR count). The molecule has 10 heteroatoms. The van der Waals surface area contributed by atoms with Crippen molar-refractivity contribution in [3.8, 4) is 0 Å². The number of rotatable bonds is 19. The molecular weight excluding hydrogens is 971 g/mol. The zero-order chi connectivity index (χ0) is 59.2. The summed E-state index contributed by atoms with van der Waals surface area (Å²) in [6.07, 6.45) is 0.00962.